The molecule has 2 rings (SSSR count). The van der Waals surface area contributed by atoms with Crippen molar-refractivity contribution in [2.24, 2.45) is 0 Å². The van der Waals surface area contributed by atoms with Gasteiger partial charge < -0.3 is 10.2 Å². The van der Waals surface area contributed by atoms with Crippen molar-refractivity contribution in [1.29, 1.82) is 0 Å². The van der Waals surface area contributed by atoms with Crippen molar-refractivity contribution in [3.05, 3.63) is 64.9 Å². The molecule has 0 saturated heterocycles. The van der Waals surface area contributed by atoms with Gasteiger partial charge >= 0.3 is 0 Å². The predicted octanol–water partition coefficient (Wildman–Crippen LogP) is 3.18. The molecule has 6 heteroatoms. The predicted molar refractivity (Wildman–Crippen MR) is 97.8 cm³/mol. The van der Waals surface area contributed by atoms with Crippen molar-refractivity contribution in [2.75, 3.05) is 0 Å². The van der Waals surface area contributed by atoms with Crippen LogP contribution in [-0.4, -0.2) is 27.7 Å². The number of pyridine rings is 1. The van der Waals surface area contributed by atoms with Crippen LogP contribution in [0, 0.1) is 0 Å². The largest absolute Gasteiger partial charge is 0.350 e. The van der Waals surface area contributed by atoms with Crippen LogP contribution in [0.5, 0.6) is 0 Å². The van der Waals surface area contributed by atoms with Crippen molar-refractivity contribution in [1.82, 2.24) is 15.2 Å². The number of hydrogen-bond acceptors (Lipinski definition) is 3. The number of carbonyl (C=O) groups is 2. The summed E-state index contributed by atoms with van der Waals surface area (Å²) in [5.41, 5.74) is 1.89. The third kappa shape index (κ3) is 5.57. The van der Waals surface area contributed by atoms with Gasteiger partial charge in [-0.05, 0) is 42.3 Å². The molecule has 0 fully saturated rings. The Morgan fingerprint density at radius 3 is 2.36 bits per heavy atom. The Labute approximate surface area is 153 Å². The van der Waals surface area contributed by atoms with Crippen LogP contribution in [0.1, 0.15) is 31.4 Å². The van der Waals surface area contributed by atoms with Crippen LogP contribution in [0.15, 0.2) is 48.8 Å². The topological polar surface area (TPSA) is 62.3 Å². The van der Waals surface area contributed by atoms with E-state index in [1.165, 1.54) is 0 Å². The van der Waals surface area contributed by atoms with E-state index in [0.717, 1.165) is 11.1 Å². The molecule has 1 aromatic carbocycles. The molecular weight excluding hydrogens is 338 g/mol. The molecule has 1 atom stereocenters. The molecule has 0 bridgehead atoms. The van der Waals surface area contributed by atoms with E-state index in [0.29, 0.717) is 24.5 Å². The molecule has 0 spiro atoms. The van der Waals surface area contributed by atoms with Gasteiger partial charge in [-0.1, -0.05) is 30.7 Å². The molecular formula is C19H22ClN3O2. The minimum atomic E-state index is -0.565. The summed E-state index contributed by atoms with van der Waals surface area (Å²) in [5, 5.41) is 3.51. The van der Waals surface area contributed by atoms with Gasteiger partial charge in [0.1, 0.15) is 6.04 Å². The highest BCUT2D eigenvalue weighted by Gasteiger charge is 2.24. The summed E-state index contributed by atoms with van der Waals surface area (Å²) < 4.78 is 0. The molecule has 2 amide bonds. The maximum Gasteiger partial charge on any atom is 0.242 e. The quantitative estimate of drug-likeness (QED) is 0.825. The van der Waals surface area contributed by atoms with E-state index in [-0.39, 0.29) is 11.8 Å². The van der Waals surface area contributed by atoms with Crippen molar-refractivity contribution in [3.63, 3.8) is 0 Å². The van der Waals surface area contributed by atoms with Crippen molar-refractivity contribution >= 4 is 23.4 Å². The lowest BCUT2D eigenvalue weighted by molar-refractivity contribution is -0.140. The molecule has 25 heavy (non-hydrogen) atoms. The lowest BCUT2D eigenvalue weighted by Gasteiger charge is -2.28. The first-order valence-corrected chi connectivity index (χ1v) is 8.59. The van der Waals surface area contributed by atoms with Crippen molar-refractivity contribution in [2.45, 2.75) is 39.4 Å². The summed E-state index contributed by atoms with van der Waals surface area (Å²) in [6.45, 7) is 4.30. The van der Waals surface area contributed by atoms with Crippen LogP contribution in [0.25, 0.3) is 0 Å². The average Bonchev–Trinajstić information content (AvgIpc) is 2.65. The highest BCUT2D eigenvalue weighted by Crippen LogP contribution is 2.14. The van der Waals surface area contributed by atoms with Gasteiger partial charge in [-0.2, -0.15) is 0 Å². The monoisotopic (exact) mass is 359 g/mol. The van der Waals surface area contributed by atoms with Gasteiger partial charge in [0.2, 0.25) is 11.8 Å². The van der Waals surface area contributed by atoms with Crippen LogP contribution in [0.2, 0.25) is 5.02 Å². The van der Waals surface area contributed by atoms with Gasteiger partial charge in [0.25, 0.3) is 0 Å². The lowest BCUT2D eigenvalue weighted by atomic mass is 10.1. The van der Waals surface area contributed by atoms with Gasteiger partial charge in [0.05, 0.1) is 0 Å². The third-order valence-corrected chi connectivity index (χ3v) is 4.20. The molecule has 1 aromatic heterocycles. The minimum absolute atomic E-state index is 0.0680. The Morgan fingerprint density at radius 1 is 1.12 bits per heavy atom. The molecule has 0 aliphatic heterocycles. The van der Waals surface area contributed by atoms with E-state index in [9.17, 15) is 9.59 Å². The Morgan fingerprint density at radius 2 is 1.76 bits per heavy atom. The molecule has 132 valence electrons. The fourth-order valence-electron chi connectivity index (χ4n) is 2.41. The number of amides is 2. The van der Waals surface area contributed by atoms with E-state index in [1.807, 2.05) is 24.3 Å². The molecule has 1 heterocycles. The van der Waals surface area contributed by atoms with Crippen molar-refractivity contribution in [3.8, 4) is 0 Å². The van der Waals surface area contributed by atoms with Crippen LogP contribution in [0.3, 0.4) is 0 Å². The molecule has 0 aliphatic rings. The fraction of sp³-hybridized carbons (Fsp3) is 0.316. The van der Waals surface area contributed by atoms with Crippen LogP contribution >= 0.6 is 11.6 Å². The third-order valence-electron chi connectivity index (χ3n) is 3.95. The fourth-order valence-corrected chi connectivity index (χ4v) is 2.54. The first kappa shape index (κ1) is 18.9. The van der Waals surface area contributed by atoms with E-state index >= 15 is 0 Å². The van der Waals surface area contributed by atoms with E-state index in [2.05, 4.69) is 10.3 Å². The van der Waals surface area contributed by atoms with Crippen LogP contribution in [0.4, 0.5) is 0 Å². The highest BCUT2D eigenvalue weighted by molar-refractivity contribution is 6.30. The molecule has 0 aliphatic carbocycles. The molecule has 5 nitrogen and oxygen atoms in total. The maximum absolute atomic E-state index is 12.5. The number of aromatic nitrogens is 1. The van der Waals surface area contributed by atoms with E-state index < -0.39 is 6.04 Å². The Balaban J connectivity index is 2.03. The number of nitrogens with zero attached hydrogens (tertiary/aromatic N) is 2. The molecule has 1 N–H and O–H groups in total. The first-order valence-electron chi connectivity index (χ1n) is 8.21. The zero-order chi connectivity index (χ0) is 18.2. The number of halogens is 1. The second-order valence-electron chi connectivity index (χ2n) is 5.75. The zero-order valence-corrected chi connectivity index (χ0v) is 15.2. The number of hydrogen-bond donors (Lipinski definition) is 1. The number of benzene rings is 1. The SMILES string of the molecule is CCC(=O)N(Cc1ccc(Cl)cc1)C(C)C(=O)NCc1ccncc1. The Bertz CT molecular complexity index is 704. The zero-order valence-electron chi connectivity index (χ0n) is 14.4. The Hall–Kier alpha value is -2.40. The molecule has 0 saturated carbocycles. The van der Waals surface area contributed by atoms with Gasteiger partial charge in [-0.3, -0.25) is 14.6 Å². The van der Waals surface area contributed by atoms with Gasteiger partial charge in [-0.15, -0.1) is 0 Å². The first-order chi connectivity index (χ1) is 12.0. The second-order valence-corrected chi connectivity index (χ2v) is 6.19. The van der Waals surface area contributed by atoms with Gasteiger partial charge in [0.15, 0.2) is 0 Å². The van der Waals surface area contributed by atoms with Crippen molar-refractivity contribution < 1.29 is 9.59 Å². The Kier molecular flexibility index (Phi) is 6.95. The van der Waals surface area contributed by atoms with E-state index in [1.54, 1.807) is 43.3 Å². The number of nitrogens with one attached hydrogen (secondary N) is 1. The summed E-state index contributed by atoms with van der Waals surface area (Å²) in [6, 6.07) is 10.4. The van der Waals surface area contributed by atoms with Crippen LogP contribution < -0.4 is 5.32 Å². The second kappa shape index (κ2) is 9.18. The summed E-state index contributed by atoms with van der Waals surface area (Å²) in [6.07, 6.45) is 3.70. The summed E-state index contributed by atoms with van der Waals surface area (Å²) >= 11 is 5.90. The van der Waals surface area contributed by atoms with Gasteiger partial charge in [-0.25, -0.2) is 0 Å². The van der Waals surface area contributed by atoms with Crippen LogP contribution in [-0.2, 0) is 22.7 Å². The molecule has 0 radical (unpaired) electrons. The van der Waals surface area contributed by atoms with E-state index in [4.69, 9.17) is 11.6 Å². The van der Waals surface area contributed by atoms with Gasteiger partial charge in [0, 0.05) is 36.9 Å². The lowest BCUT2D eigenvalue weighted by Crippen LogP contribution is -2.47. The molecule has 2 aromatic rings. The average molecular weight is 360 g/mol. The summed E-state index contributed by atoms with van der Waals surface area (Å²) in [4.78, 5) is 30.3. The molecule has 1 unspecified atom stereocenters. The highest BCUT2D eigenvalue weighted by atomic mass is 35.5. The standard InChI is InChI=1S/C19H22ClN3O2/c1-3-18(24)23(13-16-4-6-17(20)7-5-16)14(2)19(25)22-12-15-8-10-21-11-9-15/h4-11,14H,3,12-13H2,1-2H3,(H,22,25). The minimum Gasteiger partial charge on any atom is -0.350 e. The summed E-state index contributed by atoms with van der Waals surface area (Å²) in [7, 11) is 0. The smallest absolute Gasteiger partial charge is 0.242 e. The summed E-state index contributed by atoms with van der Waals surface area (Å²) in [5.74, 6) is -0.255. The maximum atomic E-state index is 12.5. The normalized spacial score (nSPS) is 11.6. The number of carbonyl (C=O) groups excluding carboxylic acids is 2. The number of rotatable bonds is 7.